The highest BCUT2D eigenvalue weighted by Crippen LogP contribution is 2.29. The van der Waals surface area contributed by atoms with E-state index in [9.17, 15) is 13.2 Å². The van der Waals surface area contributed by atoms with Gasteiger partial charge in [0.15, 0.2) is 11.5 Å². The maximum absolute atomic E-state index is 13.2. The quantitative estimate of drug-likeness (QED) is 0.581. The molecular formula is C25H30N2O5S. The lowest BCUT2D eigenvalue weighted by Gasteiger charge is -2.34. The lowest BCUT2D eigenvalue weighted by Crippen LogP contribution is -2.50. The van der Waals surface area contributed by atoms with Crippen molar-refractivity contribution in [1.82, 2.24) is 9.21 Å². The van der Waals surface area contributed by atoms with E-state index in [4.69, 9.17) is 9.47 Å². The molecule has 2 aliphatic rings. The van der Waals surface area contributed by atoms with Gasteiger partial charge in [0.05, 0.1) is 12.0 Å². The molecule has 1 fully saturated rings. The molecule has 1 saturated heterocycles. The number of benzene rings is 2. The molecule has 0 N–H and O–H groups in total. The molecule has 4 rings (SSSR count). The van der Waals surface area contributed by atoms with Crippen LogP contribution in [0.4, 0.5) is 0 Å². The van der Waals surface area contributed by atoms with Crippen LogP contribution in [0.3, 0.4) is 0 Å². The van der Waals surface area contributed by atoms with Crippen molar-refractivity contribution in [2.45, 2.75) is 30.6 Å². The number of rotatable bonds is 7. The molecule has 1 aliphatic carbocycles. The van der Waals surface area contributed by atoms with E-state index in [1.807, 2.05) is 12.1 Å². The Morgan fingerprint density at radius 2 is 1.73 bits per heavy atom. The molecule has 0 aromatic heterocycles. The number of sulfonamides is 1. The Bertz CT molecular complexity index is 1140. The number of piperazine rings is 1. The molecule has 0 unspecified atom stereocenters. The molecule has 176 valence electrons. The Morgan fingerprint density at radius 1 is 1.00 bits per heavy atom. The second-order valence-electron chi connectivity index (χ2n) is 8.30. The number of aryl methyl sites for hydroxylation is 2. The Hall–Kier alpha value is -2.84. The fourth-order valence-corrected chi connectivity index (χ4v) is 5.88. The van der Waals surface area contributed by atoms with Crippen LogP contribution in [0.15, 0.2) is 53.9 Å². The molecule has 2 aromatic rings. The van der Waals surface area contributed by atoms with Crippen LogP contribution < -0.4 is 9.47 Å². The third-order valence-electron chi connectivity index (χ3n) is 6.25. The number of amides is 1. The van der Waals surface area contributed by atoms with Gasteiger partial charge in [-0.3, -0.25) is 4.79 Å². The molecule has 1 heterocycles. The topological polar surface area (TPSA) is 76.2 Å². The molecule has 1 amide bonds. The van der Waals surface area contributed by atoms with Gasteiger partial charge in [0, 0.05) is 31.7 Å². The molecule has 1 aliphatic heterocycles. The van der Waals surface area contributed by atoms with Gasteiger partial charge >= 0.3 is 0 Å². The van der Waals surface area contributed by atoms with E-state index in [2.05, 4.69) is 6.58 Å². The van der Waals surface area contributed by atoms with E-state index in [0.29, 0.717) is 41.7 Å². The van der Waals surface area contributed by atoms with E-state index in [0.717, 1.165) is 31.2 Å². The molecule has 0 spiro atoms. The minimum atomic E-state index is -3.58. The first kappa shape index (κ1) is 23.3. The summed E-state index contributed by atoms with van der Waals surface area (Å²) in [5.74, 6) is 0.848. The summed E-state index contributed by atoms with van der Waals surface area (Å²) in [4.78, 5) is 15.1. The smallest absolute Gasteiger partial charge is 0.254 e. The minimum Gasteiger partial charge on any atom is -0.493 e. The molecule has 7 nitrogen and oxygen atoms in total. The van der Waals surface area contributed by atoms with Gasteiger partial charge in [-0.05, 0) is 67.1 Å². The summed E-state index contributed by atoms with van der Waals surface area (Å²) in [5, 5.41) is 0. The predicted octanol–water partition coefficient (Wildman–Crippen LogP) is 3.29. The summed E-state index contributed by atoms with van der Waals surface area (Å²) in [7, 11) is -2.06. The zero-order chi connectivity index (χ0) is 23.4. The van der Waals surface area contributed by atoms with Crippen molar-refractivity contribution in [2.24, 2.45) is 0 Å². The number of carbonyl (C=O) groups excluding carboxylic acids is 1. The third-order valence-corrected chi connectivity index (χ3v) is 8.15. The van der Waals surface area contributed by atoms with Crippen molar-refractivity contribution < 1.29 is 22.7 Å². The highest BCUT2D eigenvalue weighted by atomic mass is 32.2. The fourth-order valence-electron chi connectivity index (χ4n) is 4.40. The van der Waals surface area contributed by atoms with Crippen LogP contribution in [0.2, 0.25) is 0 Å². The van der Waals surface area contributed by atoms with Gasteiger partial charge in [-0.15, -0.1) is 0 Å². The van der Waals surface area contributed by atoms with E-state index in [1.54, 1.807) is 35.2 Å². The molecule has 0 saturated carbocycles. The average Bonchev–Trinajstić information content (AvgIpc) is 2.86. The lowest BCUT2D eigenvalue weighted by atomic mass is 9.92. The molecule has 33 heavy (non-hydrogen) atoms. The van der Waals surface area contributed by atoms with Gasteiger partial charge < -0.3 is 14.4 Å². The molecule has 0 bridgehead atoms. The summed E-state index contributed by atoms with van der Waals surface area (Å²) in [6, 6.07) is 10.6. The fraction of sp³-hybridized carbons (Fsp3) is 0.400. The molecule has 0 radical (unpaired) electrons. The maximum Gasteiger partial charge on any atom is 0.254 e. The van der Waals surface area contributed by atoms with Crippen LogP contribution in [0.1, 0.15) is 34.3 Å². The van der Waals surface area contributed by atoms with Gasteiger partial charge in [0.2, 0.25) is 10.0 Å². The van der Waals surface area contributed by atoms with Gasteiger partial charge in [0.1, 0.15) is 6.61 Å². The SMILES string of the molecule is C=CCOc1ccc(C(=O)N2CCN(S(=O)(=O)c3ccc4c(c3)CCCC4)CC2)cc1OC. The zero-order valence-corrected chi connectivity index (χ0v) is 19.8. The first-order valence-electron chi connectivity index (χ1n) is 11.3. The molecule has 2 aromatic carbocycles. The third kappa shape index (κ3) is 4.91. The summed E-state index contributed by atoms with van der Waals surface area (Å²) in [6.45, 7) is 5.16. The van der Waals surface area contributed by atoms with Gasteiger partial charge in [0.25, 0.3) is 5.91 Å². The van der Waals surface area contributed by atoms with Crippen molar-refractivity contribution in [3.8, 4) is 11.5 Å². The van der Waals surface area contributed by atoms with Gasteiger partial charge in [-0.1, -0.05) is 18.7 Å². The largest absolute Gasteiger partial charge is 0.493 e. The van der Waals surface area contributed by atoms with Gasteiger partial charge in [-0.2, -0.15) is 4.31 Å². The number of methoxy groups -OCH3 is 1. The maximum atomic E-state index is 13.2. The number of ether oxygens (including phenoxy) is 2. The first-order chi connectivity index (χ1) is 15.9. The first-order valence-corrected chi connectivity index (χ1v) is 12.7. The molecule has 8 heteroatoms. The van der Waals surface area contributed by atoms with Crippen molar-refractivity contribution in [3.63, 3.8) is 0 Å². The monoisotopic (exact) mass is 470 g/mol. The van der Waals surface area contributed by atoms with Crippen LogP contribution in [0.5, 0.6) is 11.5 Å². The van der Waals surface area contributed by atoms with Gasteiger partial charge in [-0.25, -0.2) is 8.42 Å². The zero-order valence-electron chi connectivity index (χ0n) is 19.0. The number of hydrogen-bond acceptors (Lipinski definition) is 5. The Kier molecular flexibility index (Phi) is 7.05. The Labute approximate surface area is 195 Å². The lowest BCUT2D eigenvalue weighted by molar-refractivity contribution is 0.0697. The van der Waals surface area contributed by atoms with E-state index in [-0.39, 0.29) is 19.0 Å². The summed E-state index contributed by atoms with van der Waals surface area (Å²) < 4.78 is 38.8. The van der Waals surface area contributed by atoms with E-state index < -0.39 is 10.0 Å². The van der Waals surface area contributed by atoms with Crippen LogP contribution in [-0.2, 0) is 22.9 Å². The van der Waals surface area contributed by atoms with Crippen molar-refractivity contribution in [1.29, 1.82) is 0 Å². The average molecular weight is 471 g/mol. The molecule has 0 atom stereocenters. The summed E-state index contributed by atoms with van der Waals surface area (Å²) in [5.41, 5.74) is 2.88. The highest BCUT2D eigenvalue weighted by Gasteiger charge is 2.31. The summed E-state index contributed by atoms with van der Waals surface area (Å²) >= 11 is 0. The Balaban J connectivity index is 1.43. The van der Waals surface area contributed by atoms with E-state index in [1.165, 1.54) is 17.0 Å². The number of nitrogens with zero attached hydrogens (tertiary/aromatic N) is 2. The standard InChI is InChI=1S/C25H30N2O5S/c1-3-16-32-23-11-9-21(18-24(23)31-2)25(28)26-12-14-27(15-13-26)33(29,30)22-10-8-19-6-4-5-7-20(19)17-22/h3,8-11,17-18H,1,4-7,12-16H2,2H3. The predicted molar refractivity (Wildman–Crippen MR) is 126 cm³/mol. The summed E-state index contributed by atoms with van der Waals surface area (Å²) in [6.07, 6.45) is 5.84. The molecular weight excluding hydrogens is 440 g/mol. The van der Waals surface area contributed by atoms with E-state index >= 15 is 0 Å². The number of hydrogen-bond donors (Lipinski definition) is 0. The van der Waals surface area contributed by atoms with Crippen LogP contribution in [0.25, 0.3) is 0 Å². The second-order valence-corrected chi connectivity index (χ2v) is 10.2. The van der Waals surface area contributed by atoms with Crippen LogP contribution >= 0.6 is 0 Å². The highest BCUT2D eigenvalue weighted by molar-refractivity contribution is 7.89. The van der Waals surface area contributed by atoms with Crippen LogP contribution in [-0.4, -0.2) is 63.4 Å². The van der Waals surface area contributed by atoms with Crippen molar-refractivity contribution in [2.75, 3.05) is 39.9 Å². The number of carbonyl (C=O) groups is 1. The Morgan fingerprint density at radius 3 is 2.42 bits per heavy atom. The minimum absolute atomic E-state index is 0.158. The van der Waals surface area contributed by atoms with Crippen LogP contribution in [0, 0.1) is 0 Å². The van der Waals surface area contributed by atoms with Crippen molar-refractivity contribution in [3.05, 3.63) is 65.7 Å². The second kappa shape index (κ2) is 9.97. The van der Waals surface area contributed by atoms with Crippen molar-refractivity contribution >= 4 is 15.9 Å². The normalized spacial score (nSPS) is 16.7. The number of fused-ring (bicyclic) bond motifs is 1.